The number of hydrogen-bond donors (Lipinski definition) is 1. The zero-order chi connectivity index (χ0) is 25.1. The standard InChI is InChI=1S/C29H31NO5/c1-5-6-7-16-34-22-13-11-21(12-14-22)27(31)25-26(24-15-10-20(4)35-24)30(29(33)28(25)32)23-17-18(2)8-9-19(23)3/h8-15,17,26,31H,5-7,16H2,1-4H3/b27-25-. The highest BCUT2D eigenvalue weighted by Crippen LogP contribution is 2.43. The number of benzene rings is 2. The Morgan fingerprint density at radius 3 is 2.40 bits per heavy atom. The lowest BCUT2D eigenvalue weighted by atomic mass is 9.98. The van der Waals surface area contributed by atoms with Gasteiger partial charge in [-0.2, -0.15) is 0 Å². The van der Waals surface area contributed by atoms with E-state index in [0.717, 1.165) is 30.4 Å². The summed E-state index contributed by atoms with van der Waals surface area (Å²) in [5, 5.41) is 11.3. The van der Waals surface area contributed by atoms with Crippen molar-refractivity contribution >= 4 is 23.1 Å². The van der Waals surface area contributed by atoms with Crippen LogP contribution in [0.15, 0.2) is 64.6 Å². The van der Waals surface area contributed by atoms with Gasteiger partial charge in [-0.1, -0.05) is 31.9 Å². The van der Waals surface area contributed by atoms with Crippen LogP contribution in [-0.2, 0) is 9.59 Å². The molecule has 0 saturated carbocycles. The first-order chi connectivity index (χ1) is 16.8. The number of aliphatic hydroxyl groups excluding tert-OH is 1. The molecule has 1 aliphatic rings. The first-order valence-electron chi connectivity index (χ1n) is 12.0. The Morgan fingerprint density at radius 2 is 1.74 bits per heavy atom. The molecule has 0 spiro atoms. The molecule has 4 rings (SSSR count). The van der Waals surface area contributed by atoms with Gasteiger partial charge < -0.3 is 14.3 Å². The number of furan rings is 1. The third-order valence-electron chi connectivity index (χ3n) is 6.24. The third kappa shape index (κ3) is 4.87. The second-order valence-electron chi connectivity index (χ2n) is 8.99. The molecule has 3 aromatic rings. The van der Waals surface area contributed by atoms with E-state index in [1.54, 1.807) is 43.3 Å². The minimum absolute atomic E-state index is 0.00173. The second-order valence-corrected chi connectivity index (χ2v) is 8.99. The maximum atomic E-state index is 13.3. The Hall–Kier alpha value is -3.80. The van der Waals surface area contributed by atoms with Gasteiger partial charge in [0.05, 0.1) is 12.2 Å². The van der Waals surface area contributed by atoms with Crippen LogP contribution in [0.4, 0.5) is 5.69 Å². The molecule has 1 amide bonds. The minimum Gasteiger partial charge on any atom is -0.507 e. The number of carbonyl (C=O) groups excluding carboxylic acids is 2. The van der Waals surface area contributed by atoms with Crippen molar-refractivity contribution in [2.75, 3.05) is 11.5 Å². The molecule has 1 unspecified atom stereocenters. The zero-order valence-electron chi connectivity index (χ0n) is 20.6. The monoisotopic (exact) mass is 473 g/mol. The van der Waals surface area contributed by atoms with Crippen LogP contribution in [0.25, 0.3) is 5.76 Å². The van der Waals surface area contributed by atoms with E-state index in [0.29, 0.717) is 35.1 Å². The fourth-order valence-electron chi connectivity index (χ4n) is 4.34. The Balaban J connectivity index is 1.77. The third-order valence-corrected chi connectivity index (χ3v) is 6.24. The van der Waals surface area contributed by atoms with Crippen molar-refractivity contribution in [3.63, 3.8) is 0 Å². The summed E-state index contributed by atoms with van der Waals surface area (Å²) >= 11 is 0. The van der Waals surface area contributed by atoms with Crippen molar-refractivity contribution in [2.24, 2.45) is 0 Å². The number of nitrogens with zero attached hydrogens (tertiary/aromatic N) is 1. The van der Waals surface area contributed by atoms with Crippen LogP contribution in [0.1, 0.15) is 60.4 Å². The Morgan fingerprint density at radius 1 is 1.00 bits per heavy atom. The molecule has 1 saturated heterocycles. The van der Waals surface area contributed by atoms with Crippen LogP contribution in [0.5, 0.6) is 5.75 Å². The quantitative estimate of drug-likeness (QED) is 0.177. The van der Waals surface area contributed by atoms with Crippen molar-refractivity contribution in [2.45, 2.75) is 53.0 Å². The summed E-state index contributed by atoms with van der Waals surface area (Å²) < 4.78 is 11.6. The van der Waals surface area contributed by atoms with E-state index in [1.165, 1.54) is 4.90 Å². The van der Waals surface area contributed by atoms with Crippen molar-refractivity contribution in [1.29, 1.82) is 0 Å². The molecule has 2 aromatic carbocycles. The molecule has 1 fully saturated rings. The first kappa shape index (κ1) is 24.3. The van der Waals surface area contributed by atoms with E-state index >= 15 is 0 Å². The molecule has 0 aliphatic carbocycles. The van der Waals surface area contributed by atoms with E-state index in [-0.39, 0.29) is 11.3 Å². The van der Waals surface area contributed by atoms with Gasteiger partial charge in [-0.05, 0) is 80.8 Å². The van der Waals surface area contributed by atoms with Gasteiger partial charge in [0, 0.05) is 11.3 Å². The Labute approximate surface area is 205 Å². The Kier molecular flexibility index (Phi) is 7.10. The summed E-state index contributed by atoms with van der Waals surface area (Å²) in [6, 6.07) is 15.3. The summed E-state index contributed by atoms with van der Waals surface area (Å²) in [6.45, 7) is 8.37. The molecular formula is C29H31NO5. The average Bonchev–Trinajstić information content (AvgIpc) is 3.39. The molecule has 0 bridgehead atoms. The molecule has 1 aromatic heterocycles. The number of amides is 1. The summed E-state index contributed by atoms with van der Waals surface area (Å²) in [7, 11) is 0. The number of unbranched alkanes of at least 4 members (excludes halogenated alkanes) is 2. The minimum atomic E-state index is -0.880. The molecule has 1 N–H and O–H groups in total. The molecule has 1 aliphatic heterocycles. The Bertz CT molecular complexity index is 1270. The van der Waals surface area contributed by atoms with Gasteiger partial charge in [-0.25, -0.2) is 0 Å². The fourth-order valence-corrected chi connectivity index (χ4v) is 4.34. The summed E-state index contributed by atoms with van der Waals surface area (Å²) in [5.74, 6) is 0.0631. The first-order valence-corrected chi connectivity index (χ1v) is 12.0. The maximum Gasteiger partial charge on any atom is 0.300 e. The van der Waals surface area contributed by atoms with E-state index < -0.39 is 17.7 Å². The zero-order valence-corrected chi connectivity index (χ0v) is 20.6. The van der Waals surface area contributed by atoms with Crippen LogP contribution in [0, 0.1) is 20.8 Å². The van der Waals surface area contributed by atoms with Gasteiger partial charge in [0.1, 0.15) is 29.1 Å². The van der Waals surface area contributed by atoms with E-state index in [4.69, 9.17) is 9.15 Å². The number of anilines is 1. The van der Waals surface area contributed by atoms with E-state index in [2.05, 4.69) is 6.92 Å². The lowest BCUT2D eigenvalue weighted by molar-refractivity contribution is -0.132. The maximum absolute atomic E-state index is 13.3. The number of rotatable bonds is 8. The van der Waals surface area contributed by atoms with Crippen LogP contribution in [0.3, 0.4) is 0 Å². The summed E-state index contributed by atoms with van der Waals surface area (Å²) in [6.07, 6.45) is 3.19. The number of carbonyl (C=O) groups is 2. The fraction of sp³-hybridized carbons (Fsp3) is 0.310. The molecule has 6 nitrogen and oxygen atoms in total. The van der Waals surface area contributed by atoms with E-state index in [9.17, 15) is 14.7 Å². The highest BCUT2D eigenvalue weighted by molar-refractivity contribution is 6.51. The van der Waals surface area contributed by atoms with Crippen molar-refractivity contribution < 1.29 is 23.8 Å². The predicted molar refractivity (Wildman–Crippen MR) is 136 cm³/mol. The average molecular weight is 474 g/mol. The predicted octanol–water partition coefficient (Wildman–Crippen LogP) is 6.40. The van der Waals surface area contributed by atoms with Gasteiger partial charge in [0.25, 0.3) is 11.7 Å². The lowest BCUT2D eigenvalue weighted by Gasteiger charge is -2.25. The van der Waals surface area contributed by atoms with Gasteiger partial charge in [0.15, 0.2) is 0 Å². The number of ketones is 1. The summed E-state index contributed by atoms with van der Waals surface area (Å²) in [5.41, 5.74) is 2.84. The van der Waals surface area contributed by atoms with Gasteiger partial charge in [-0.3, -0.25) is 14.5 Å². The van der Waals surface area contributed by atoms with Crippen LogP contribution >= 0.6 is 0 Å². The summed E-state index contributed by atoms with van der Waals surface area (Å²) in [4.78, 5) is 28.0. The highest BCUT2D eigenvalue weighted by Gasteiger charge is 2.48. The van der Waals surface area contributed by atoms with Gasteiger partial charge in [0.2, 0.25) is 0 Å². The SMILES string of the molecule is CCCCCOc1ccc(/C(O)=C2/C(=O)C(=O)N(c3cc(C)ccc3C)C2c2ccc(C)o2)cc1. The van der Waals surface area contributed by atoms with Gasteiger partial charge >= 0.3 is 0 Å². The second kappa shape index (κ2) is 10.2. The number of aryl methyl sites for hydroxylation is 3. The number of ether oxygens (including phenoxy) is 1. The number of aliphatic hydroxyl groups is 1. The van der Waals surface area contributed by atoms with Crippen molar-refractivity contribution in [1.82, 2.24) is 0 Å². The van der Waals surface area contributed by atoms with Crippen LogP contribution in [-0.4, -0.2) is 23.4 Å². The van der Waals surface area contributed by atoms with Gasteiger partial charge in [-0.15, -0.1) is 0 Å². The largest absolute Gasteiger partial charge is 0.507 e. The molecule has 2 heterocycles. The smallest absolute Gasteiger partial charge is 0.300 e. The molecular weight excluding hydrogens is 442 g/mol. The van der Waals surface area contributed by atoms with Crippen LogP contribution in [0.2, 0.25) is 0 Å². The lowest BCUT2D eigenvalue weighted by Crippen LogP contribution is -2.30. The molecule has 6 heteroatoms. The number of Topliss-reactive ketones (excluding diaryl/α,β-unsaturated/α-hetero) is 1. The number of hydrogen-bond acceptors (Lipinski definition) is 5. The van der Waals surface area contributed by atoms with Crippen molar-refractivity contribution in [3.05, 3.63) is 88.4 Å². The molecule has 0 radical (unpaired) electrons. The topological polar surface area (TPSA) is 80.0 Å². The highest BCUT2D eigenvalue weighted by atomic mass is 16.5. The van der Waals surface area contributed by atoms with Crippen molar-refractivity contribution in [3.8, 4) is 5.75 Å². The molecule has 1 atom stereocenters. The normalized spacial score (nSPS) is 17.3. The molecule has 182 valence electrons. The van der Waals surface area contributed by atoms with E-state index in [1.807, 2.05) is 32.0 Å². The van der Waals surface area contributed by atoms with Crippen LogP contribution < -0.4 is 9.64 Å². The molecule has 35 heavy (non-hydrogen) atoms.